The molecule has 7 heteroatoms. The van der Waals surface area contributed by atoms with E-state index < -0.39 is 0 Å². The fourth-order valence-electron chi connectivity index (χ4n) is 2.69. The van der Waals surface area contributed by atoms with Crippen LogP contribution in [-0.2, 0) is 9.53 Å². The first-order valence-electron chi connectivity index (χ1n) is 7.95. The molecule has 0 N–H and O–H groups in total. The molecule has 0 bridgehead atoms. The molecule has 134 valence electrons. The number of carbonyl (C=O) groups is 1. The summed E-state index contributed by atoms with van der Waals surface area (Å²) >= 11 is 1.58. The summed E-state index contributed by atoms with van der Waals surface area (Å²) in [5, 5.41) is -0.130. The number of carbonyl (C=O) groups excluding carboxylic acids is 1. The second-order valence-corrected chi connectivity index (χ2v) is 6.32. The van der Waals surface area contributed by atoms with Gasteiger partial charge in [-0.25, -0.2) is 0 Å². The van der Waals surface area contributed by atoms with E-state index in [2.05, 4.69) is 0 Å². The van der Waals surface area contributed by atoms with Crippen LogP contribution >= 0.6 is 11.8 Å². The normalized spacial score (nSPS) is 17.2. The third-order valence-corrected chi connectivity index (χ3v) is 5.08. The quantitative estimate of drug-likeness (QED) is 0.635. The average molecular weight is 355 g/mol. The van der Waals surface area contributed by atoms with Crippen molar-refractivity contribution in [2.45, 2.75) is 18.7 Å². The van der Waals surface area contributed by atoms with Crippen LogP contribution in [0, 0.1) is 0 Å². The topological polar surface area (TPSA) is 57.2 Å². The smallest absolute Gasteiger partial charge is 0.233 e. The lowest BCUT2D eigenvalue weighted by molar-refractivity contribution is -0.128. The Morgan fingerprint density at radius 1 is 1.17 bits per heavy atom. The van der Waals surface area contributed by atoms with Crippen LogP contribution in [0.25, 0.3) is 0 Å². The largest absolute Gasteiger partial charge is 0.496 e. The molecule has 0 saturated carbocycles. The monoisotopic (exact) mass is 355 g/mol. The van der Waals surface area contributed by atoms with Crippen LogP contribution in [0.15, 0.2) is 12.1 Å². The van der Waals surface area contributed by atoms with E-state index in [1.807, 2.05) is 24.0 Å². The molecule has 1 aliphatic rings. The predicted octanol–water partition coefficient (Wildman–Crippen LogP) is 2.71. The van der Waals surface area contributed by atoms with E-state index in [-0.39, 0.29) is 11.3 Å². The molecule has 1 aliphatic heterocycles. The van der Waals surface area contributed by atoms with Gasteiger partial charge in [-0.15, -0.1) is 11.8 Å². The van der Waals surface area contributed by atoms with E-state index in [4.69, 9.17) is 18.9 Å². The molecule has 2 rings (SSSR count). The van der Waals surface area contributed by atoms with Crippen molar-refractivity contribution >= 4 is 17.7 Å². The number of rotatable bonds is 9. The molecule has 1 heterocycles. The number of thioether (sulfide) groups is 1. The van der Waals surface area contributed by atoms with Crippen molar-refractivity contribution in [2.24, 2.45) is 0 Å². The summed E-state index contributed by atoms with van der Waals surface area (Å²) in [5.74, 6) is 2.56. The molecule has 0 aliphatic carbocycles. The molecule has 1 fully saturated rings. The molecule has 6 nitrogen and oxygen atoms in total. The van der Waals surface area contributed by atoms with Gasteiger partial charge in [0, 0.05) is 31.9 Å². The van der Waals surface area contributed by atoms with Gasteiger partial charge < -0.3 is 23.8 Å². The lowest BCUT2D eigenvalue weighted by Crippen LogP contribution is -2.30. The van der Waals surface area contributed by atoms with Crippen LogP contribution in [-0.4, -0.2) is 57.6 Å². The summed E-state index contributed by atoms with van der Waals surface area (Å²) in [7, 11) is 4.82. The lowest BCUT2D eigenvalue weighted by Gasteiger charge is -2.27. The van der Waals surface area contributed by atoms with Crippen LogP contribution < -0.4 is 14.2 Å². The first-order valence-corrected chi connectivity index (χ1v) is 8.99. The summed E-state index contributed by atoms with van der Waals surface area (Å²) in [6.07, 6.45) is 0.803. The Kier molecular flexibility index (Phi) is 7.05. The maximum absolute atomic E-state index is 12.3. The number of benzene rings is 1. The van der Waals surface area contributed by atoms with Gasteiger partial charge >= 0.3 is 0 Å². The number of nitrogens with zero attached hydrogens (tertiary/aromatic N) is 1. The second kappa shape index (κ2) is 9.03. The van der Waals surface area contributed by atoms with E-state index in [1.54, 1.807) is 33.1 Å². The lowest BCUT2D eigenvalue weighted by atomic mass is 10.1. The van der Waals surface area contributed by atoms with Crippen molar-refractivity contribution in [3.63, 3.8) is 0 Å². The molecule has 1 unspecified atom stereocenters. The molecular formula is C17H25NO5S. The van der Waals surface area contributed by atoms with Crippen molar-refractivity contribution in [1.29, 1.82) is 0 Å². The van der Waals surface area contributed by atoms with Crippen LogP contribution in [0.3, 0.4) is 0 Å². The highest BCUT2D eigenvalue weighted by molar-refractivity contribution is 8.00. The minimum atomic E-state index is -0.130. The maximum atomic E-state index is 12.3. The summed E-state index contributed by atoms with van der Waals surface area (Å²) in [4.78, 5) is 14.2. The number of hydrogen-bond acceptors (Lipinski definition) is 6. The predicted molar refractivity (Wildman–Crippen MR) is 94.1 cm³/mol. The fraction of sp³-hybridized carbons (Fsp3) is 0.588. The molecule has 0 radical (unpaired) electrons. The molecular weight excluding hydrogens is 330 g/mol. The van der Waals surface area contributed by atoms with Gasteiger partial charge in [0.05, 0.1) is 32.6 Å². The van der Waals surface area contributed by atoms with Gasteiger partial charge in [0.15, 0.2) is 0 Å². The summed E-state index contributed by atoms with van der Waals surface area (Å²) in [6, 6.07) is 3.64. The van der Waals surface area contributed by atoms with Gasteiger partial charge in [0.1, 0.15) is 22.6 Å². The fourth-order valence-corrected chi connectivity index (χ4v) is 3.96. The molecule has 1 amide bonds. The standard InChI is InChI=1S/C17H25NO5S/c1-5-23-8-6-7-18-15(19)11-24-17(18)16-13(21-3)9-12(20-2)10-14(16)22-4/h9-10,17H,5-8,11H2,1-4H3. The van der Waals surface area contributed by atoms with E-state index in [1.165, 1.54) is 0 Å². The third kappa shape index (κ3) is 4.08. The van der Waals surface area contributed by atoms with Crippen LogP contribution in [0.4, 0.5) is 0 Å². The Balaban J connectivity index is 2.29. The van der Waals surface area contributed by atoms with E-state index in [9.17, 15) is 4.79 Å². The highest BCUT2D eigenvalue weighted by atomic mass is 32.2. The molecule has 0 aromatic heterocycles. The highest BCUT2D eigenvalue weighted by Crippen LogP contribution is 2.48. The van der Waals surface area contributed by atoms with Crippen LogP contribution in [0.5, 0.6) is 17.2 Å². The maximum Gasteiger partial charge on any atom is 0.233 e. The zero-order chi connectivity index (χ0) is 17.5. The summed E-state index contributed by atoms with van der Waals surface area (Å²) in [5.41, 5.74) is 0.869. The third-order valence-electron chi connectivity index (χ3n) is 3.86. The van der Waals surface area contributed by atoms with Crippen molar-refractivity contribution in [3.8, 4) is 17.2 Å². The van der Waals surface area contributed by atoms with E-state index in [0.29, 0.717) is 42.8 Å². The van der Waals surface area contributed by atoms with Crippen LogP contribution in [0.2, 0.25) is 0 Å². The van der Waals surface area contributed by atoms with Gasteiger partial charge in [-0.05, 0) is 13.3 Å². The van der Waals surface area contributed by atoms with Crippen LogP contribution in [0.1, 0.15) is 24.3 Å². The Morgan fingerprint density at radius 3 is 2.38 bits per heavy atom. The number of amides is 1. The molecule has 0 spiro atoms. The zero-order valence-electron chi connectivity index (χ0n) is 14.7. The van der Waals surface area contributed by atoms with Crippen molar-refractivity contribution in [2.75, 3.05) is 46.8 Å². The molecule has 1 aromatic rings. The van der Waals surface area contributed by atoms with Gasteiger partial charge in [0.25, 0.3) is 0 Å². The minimum absolute atomic E-state index is 0.126. The average Bonchev–Trinajstić information content (AvgIpc) is 2.97. The van der Waals surface area contributed by atoms with Gasteiger partial charge in [-0.1, -0.05) is 0 Å². The first kappa shape index (κ1) is 18.7. The van der Waals surface area contributed by atoms with Crippen molar-refractivity contribution in [1.82, 2.24) is 4.90 Å². The Labute approximate surface area is 147 Å². The molecule has 24 heavy (non-hydrogen) atoms. The first-order chi connectivity index (χ1) is 11.7. The minimum Gasteiger partial charge on any atom is -0.496 e. The van der Waals surface area contributed by atoms with Gasteiger partial charge in [0.2, 0.25) is 5.91 Å². The van der Waals surface area contributed by atoms with Gasteiger partial charge in [-0.3, -0.25) is 4.79 Å². The van der Waals surface area contributed by atoms with Crippen molar-refractivity contribution in [3.05, 3.63) is 17.7 Å². The summed E-state index contributed by atoms with van der Waals surface area (Å²) in [6.45, 7) is 3.95. The Morgan fingerprint density at radius 2 is 1.83 bits per heavy atom. The number of ether oxygens (including phenoxy) is 4. The highest BCUT2D eigenvalue weighted by Gasteiger charge is 2.36. The number of hydrogen-bond donors (Lipinski definition) is 0. The molecule has 1 atom stereocenters. The Hall–Kier alpha value is -1.60. The summed E-state index contributed by atoms with van der Waals surface area (Å²) < 4.78 is 21.7. The van der Waals surface area contributed by atoms with E-state index in [0.717, 1.165) is 12.0 Å². The molecule has 1 aromatic carbocycles. The van der Waals surface area contributed by atoms with Gasteiger partial charge in [-0.2, -0.15) is 0 Å². The SMILES string of the molecule is CCOCCCN1C(=O)CSC1c1c(OC)cc(OC)cc1OC. The second-order valence-electron chi connectivity index (χ2n) is 5.25. The number of methoxy groups -OCH3 is 3. The molecule has 1 saturated heterocycles. The zero-order valence-corrected chi connectivity index (χ0v) is 15.5. The van der Waals surface area contributed by atoms with E-state index >= 15 is 0 Å². The van der Waals surface area contributed by atoms with Crippen molar-refractivity contribution < 1.29 is 23.7 Å². The Bertz CT molecular complexity index is 541.